The SMILES string of the molecule is Cc1c(C(=O)NCCC2=CCCCC2)sc2ncn(Cc3ccccc3Cl)c(=O)c12. The zero-order valence-corrected chi connectivity index (χ0v) is 18.5. The molecular formula is C23H24ClN3O2S. The fourth-order valence-corrected chi connectivity index (χ4v) is 5.10. The number of benzene rings is 1. The smallest absolute Gasteiger partial charge is 0.262 e. The van der Waals surface area contributed by atoms with Gasteiger partial charge in [0.1, 0.15) is 4.83 Å². The van der Waals surface area contributed by atoms with Gasteiger partial charge in [0.15, 0.2) is 0 Å². The van der Waals surface area contributed by atoms with Gasteiger partial charge in [-0.05, 0) is 56.2 Å². The number of hydrogen-bond donors (Lipinski definition) is 1. The Morgan fingerprint density at radius 2 is 2.13 bits per heavy atom. The zero-order chi connectivity index (χ0) is 21.1. The van der Waals surface area contributed by atoms with Gasteiger partial charge < -0.3 is 5.32 Å². The maximum absolute atomic E-state index is 13.1. The van der Waals surface area contributed by atoms with E-state index in [4.69, 9.17) is 11.6 Å². The summed E-state index contributed by atoms with van der Waals surface area (Å²) in [6, 6.07) is 7.43. The number of carbonyl (C=O) groups is 1. The van der Waals surface area contributed by atoms with Crippen LogP contribution in [0.25, 0.3) is 10.2 Å². The summed E-state index contributed by atoms with van der Waals surface area (Å²) >= 11 is 7.51. The maximum Gasteiger partial charge on any atom is 0.262 e. The van der Waals surface area contributed by atoms with Crippen molar-refractivity contribution in [1.29, 1.82) is 0 Å². The summed E-state index contributed by atoms with van der Waals surface area (Å²) in [7, 11) is 0. The number of carbonyl (C=O) groups excluding carboxylic acids is 1. The minimum absolute atomic E-state index is 0.135. The first-order valence-corrected chi connectivity index (χ1v) is 11.4. The molecule has 2 aromatic heterocycles. The molecule has 1 aromatic carbocycles. The number of aryl methyl sites for hydroxylation is 1. The topological polar surface area (TPSA) is 64.0 Å². The lowest BCUT2D eigenvalue weighted by Gasteiger charge is -2.12. The Hall–Kier alpha value is -2.44. The molecular weight excluding hydrogens is 418 g/mol. The minimum Gasteiger partial charge on any atom is -0.351 e. The van der Waals surface area contributed by atoms with Gasteiger partial charge in [-0.15, -0.1) is 11.3 Å². The van der Waals surface area contributed by atoms with Crippen molar-refractivity contribution in [3.8, 4) is 0 Å². The summed E-state index contributed by atoms with van der Waals surface area (Å²) in [5.74, 6) is -0.135. The summed E-state index contributed by atoms with van der Waals surface area (Å²) in [6.07, 6.45) is 9.49. The molecule has 1 aliphatic carbocycles. The monoisotopic (exact) mass is 441 g/mol. The minimum atomic E-state index is -0.153. The Morgan fingerprint density at radius 1 is 1.30 bits per heavy atom. The van der Waals surface area contributed by atoms with E-state index in [9.17, 15) is 9.59 Å². The van der Waals surface area contributed by atoms with Crippen LogP contribution in [0.5, 0.6) is 0 Å². The Bertz CT molecular complexity index is 1180. The number of nitrogens with one attached hydrogen (secondary N) is 1. The molecule has 0 atom stereocenters. The predicted molar refractivity (Wildman–Crippen MR) is 123 cm³/mol. The Labute approximate surface area is 184 Å². The lowest BCUT2D eigenvalue weighted by atomic mass is 9.97. The van der Waals surface area contributed by atoms with Crippen LogP contribution < -0.4 is 10.9 Å². The number of thiophene rings is 1. The standard InChI is InChI=1S/C23H24ClN3O2S/c1-15-19-22(26-14-27(23(19)29)13-17-9-5-6-10-18(17)24)30-20(15)21(28)25-12-11-16-7-3-2-4-8-16/h5-7,9-10,14H,2-4,8,11-13H2,1H3,(H,25,28). The van der Waals surface area contributed by atoms with Gasteiger partial charge >= 0.3 is 0 Å². The van der Waals surface area contributed by atoms with Gasteiger partial charge in [-0.3, -0.25) is 14.2 Å². The lowest BCUT2D eigenvalue weighted by Crippen LogP contribution is -2.25. The molecule has 4 rings (SSSR count). The Kier molecular flexibility index (Phi) is 6.35. The summed E-state index contributed by atoms with van der Waals surface area (Å²) in [6.45, 7) is 2.77. The van der Waals surface area contributed by atoms with Crippen molar-refractivity contribution in [1.82, 2.24) is 14.9 Å². The van der Waals surface area contributed by atoms with E-state index >= 15 is 0 Å². The van der Waals surface area contributed by atoms with E-state index in [1.807, 2.05) is 25.1 Å². The van der Waals surface area contributed by atoms with Crippen molar-refractivity contribution in [2.24, 2.45) is 0 Å². The third kappa shape index (κ3) is 4.35. The molecule has 0 unspecified atom stereocenters. The van der Waals surface area contributed by atoms with Crippen LogP contribution in [0, 0.1) is 6.92 Å². The molecule has 0 radical (unpaired) electrons. The second-order valence-corrected chi connectivity index (χ2v) is 9.03. The molecule has 5 nitrogen and oxygen atoms in total. The van der Waals surface area contributed by atoms with Crippen LogP contribution in [0.15, 0.2) is 47.0 Å². The van der Waals surface area contributed by atoms with E-state index in [-0.39, 0.29) is 11.5 Å². The molecule has 156 valence electrons. The van der Waals surface area contributed by atoms with Crippen LogP contribution >= 0.6 is 22.9 Å². The summed E-state index contributed by atoms with van der Waals surface area (Å²) in [5, 5.41) is 4.13. The Morgan fingerprint density at radius 3 is 2.90 bits per heavy atom. The van der Waals surface area contributed by atoms with Crippen molar-refractivity contribution < 1.29 is 4.79 Å². The highest BCUT2D eigenvalue weighted by Gasteiger charge is 2.19. The molecule has 3 aromatic rings. The lowest BCUT2D eigenvalue weighted by molar-refractivity contribution is 0.0957. The second-order valence-electron chi connectivity index (χ2n) is 7.62. The summed E-state index contributed by atoms with van der Waals surface area (Å²) in [5.41, 5.74) is 2.82. The van der Waals surface area contributed by atoms with Crippen LogP contribution in [0.3, 0.4) is 0 Å². The van der Waals surface area contributed by atoms with Crippen LogP contribution in [0.1, 0.15) is 52.9 Å². The molecule has 7 heteroatoms. The number of nitrogens with zero attached hydrogens (tertiary/aromatic N) is 2. The average molecular weight is 442 g/mol. The van der Waals surface area contributed by atoms with Gasteiger partial charge in [-0.2, -0.15) is 0 Å². The number of fused-ring (bicyclic) bond motifs is 1. The molecule has 0 aliphatic heterocycles. The molecule has 1 N–H and O–H groups in total. The van der Waals surface area contributed by atoms with Crippen molar-refractivity contribution in [3.05, 3.63) is 73.6 Å². The van der Waals surface area contributed by atoms with E-state index < -0.39 is 0 Å². The van der Waals surface area contributed by atoms with Crippen LogP contribution in [-0.4, -0.2) is 22.0 Å². The highest BCUT2D eigenvalue weighted by Crippen LogP contribution is 2.27. The molecule has 0 spiro atoms. The van der Waals surface area contributed by atoms with E-state index in [1.165, 1.54) is 36.1 Å². The van der Waals surface area contributed by atoms with Gasteiger partial charge in [-0.1, -0.05) is 41.4 Å². The third-order valence-corrected chi connectivity index (χ3v) is 7.11. The molecule has 0 saturated carbocycles. The van der Waals surface area contributed by atoms with E-state index in [1.54, 1.807) is 10.6 Å². The summed E-state index contributed by atoms with van der Waals surface area (Å²) < 4.78 is 1.54. The molecule has 1 aliphatic rings. The van der Waals surface area contributed by atoms with Crippen molar-refractivity contribution in [2.75, 3.05) is 6.54 Å². The first-order valence-electron chi connectivity index (χ1n) is 10.2. The second kappa shape index (κ2) is 9.14. The third-order valence-electron chi connectivity index (χ3n) is 5.54. The van der Waals surface area contributed by atoms with E-state index in [0.29, 0.717) is 38.8 Å². The summed E-state index contributed by atoms with van der Waals surface area (Å²) in [4.78, 5) is 31.4. The van der Waals surface area contributed by atoms with Crippen molar-refractivity contribution in [3.63, 3.8) is 0 Å². The normalized spacial score (nSPS) is 14.0. The fourth-order valence-electron chi connectivity index (χ4n) is 3.85. The van der Waals surface area contributed by atoms with E-state index in [0.717, 1.165) is 24.8 Å². The average Bonchev–Trinajstić information content (AvgIpc) is 3.09. The first kappa shape index (κ1) is 20.8. The largest absolute Gasteiger partial charge is 0.351 e. The highest BCUT2D eigenvalue weighted by atomic mass is 35.5. The number of amides is 1. The number of aromatic nitrogens is 2. The molecule has 0 fully saturated rings. The molecule has 0 bridgehead atoms. The zero-order valence-electron chi connectivity index (χ0n) is 16.9. The quantitative estimate of drug-likeness (QED) is 0.542. The molecule has 2 heterocycles. The molecule has 30 heavy (non-hydrogen) atoms. The number of rotatable bonds is 6. The van der Waals surface area contributed by atoms with E-state index in [2.05, 4.69) is 16.4 Å². The van der Waals surface area contributed by atoms with Crippen LogP contribution in [0.2, 0.25) is 5.02 Å². The number of allylic oxidation sites excluding steroid dienone is 1. The van der Waals surface area contributed by atoms with Crippen molar-refractivity contribution >= 4 is 39.1 Å². The first-order chi connectivity index (χ1) is 14.5. The van der Waals surface area contributed by atoms with Crippen LogP contribution in [0.4, 0.5) is 0 Å². The predicted octanol–water partition coefficient (Wildman–Crippen LogP) is 5.09. The van der Waals surface area contributed by atoms with Gasteiger partial charge in [-0.25, -0.2) is 4.98 Å². The van der Waals surface area contributed by atoms with Gasteiger partial charge in [0, 0.05) is 11.6 Å². The number of hydrogen-bond acceptors (Lipinski definition) is 4. The number of halogens is 1. The van der Waals surface area contributed by atoms with Crippen LogP contribution in [-0.2, 0) is 6.54 Å². The van der Waals surface area contributed by atoms with Gasteiger partial charge in [0.25, 0.3) is 11.5 Å². The highest BCUT2D eigenvalue weighted by molar-refractivity contribution is 7.20. The van der Waals surface area contributed by atoms with Crippen molar-refractivity contribution in [2.45, 2.75) is 45.6 Å². The van der Waals surface area contributed by atoms with Gasteiger partial charge in [0.05, 0.1) is 23.1 Å². The maximum atomic E-state index is 13.1. The van der Waals surface area contributed by atoms with Gasteiger partial charge in [0.2, 0.25) is 0 Å². The Balaban J connectivity index is 1.54. The fraction of sp³-hybridized carbons (Fsp3) is 0.348. The molecule has 1 amide bonds. The molecule has 0 saturated heterocycles.